The number of amides is 2. The van der Waals surface area contributed by atoms with Gasteiger partial charge in [0.05, 0.1) is 11.4 Å². The Bertz CT molecular complexity index is 951. The third-order valence-corrected chi connectivity index (χ3v) is 6.87. The molecular weight excluding hydrogens is 479 g/mol. The van der Waals surface area contributed by atoms with Crippen molar-refractivity contribution >= 4 is 63.5 Å². The van der Waals surface area contributed by atoms with Crippen molar-refractivity contribution in [3.8, 4) is 0 Å². The van der Waals surface area contributed by atoms with E-state index in [1.807, 2.05) is 42.5 Å². The predicted molar refractivity (Wildman–Crippen MR) is 110 cm³/mol. The van der Waals surface area contributed by atoms with Gasteiger partial charge < -0.3 is 10.1 Å². The number of fused-ring (bicyclic) bond motifs is 3. The molecule has 1 N–H and O–H groups in total. The average Bonchev–Trinajstić information content (AvgIpc) is 3.17. The zero-order chi connectivity index (χ0) is 19.0. The first-order chi connectivity index (χ1) is 13.0. The van der Waals surface area contributed by atoms with Gasteiger partial charge in [0.25, 0.3) is 5.91 Å². The molecule has 2 heterocycles. The van der Waals surface area contributed by atoms with E-state index in [-0.39, 0.29) is 12.3 Å². The van der Waals surface area contributed by atoms with Gasteiger partial charge >= 0.3 is 5.97 Å². The minimum Gasteiger partial charge on any atom is -0.453 e. The molecule has 2 aliphatic heterocycles. The molecule has 0 bridgehead atoms. The van der Waals surface area contributed by atoms with Crippen molar-refractivity contribution in [2.75, 3.05) is 16.8 Å². The van der Waals surface area contributed by atoms with Gasteiger partial charge in [-0.15, -0.1) is 0 Å². The number of hydrogen-bond acceptors (Lipinski definition) is 5. The van der Waals surface area contributed by atoms with E-state index in [4.69, 9.17) is 4.74 Å². The third-order valence-electron chi connectivity index (χ3n) is 4.47. The average molecular weight is 494 g/mol. The molecule has 2 amide bonds. The summed E-state index contributed by atoms with van der Waals surface area (Å²) < 4.78 is 6.21. The number of ether oxygens (including phenoxy) is 1. The summed E-state index contributed by atoms with van der Waals surface area (Å²) in [7, 11) is 0. The van der Waals surface area contributed by atoms with Crippen molar-refractivity contribution in [1.29, 1.82) is 0 Å². The lowest BCUT2D eigenvalue weighted by atomic mass is 10.2. The number of nitrogens with zero attached hydrogens (tertiary/aromatic N) is 1. The van der Waals surface area contributed by atoms with Crippen molar-refractivity contribution in [2.24, 2.45) is 0 Å². The molecule has 2 aromatic rings. The summed E-state index contributed by atoms with van der Waals surface area (Å²) in [5, 5.41) is 2.73. The topological polar surface area (TPSA) is 75.7 Å². The third kappa shape index (κ3) is 3.20. The first-order valence-corrected chi connectivity index (χ1v) is 10.2. The van der Waals surface area contributed by atoms with Gasteiger partial charge in [-0.3, -0.25) is 14.5 Å². The van der Waals surface area contributed by atoms with Crippen LogP contribution in [0.4, 0.5) is 11.4 Å². The van der Waals surface area contributed by atoms with E-state index < -0.39 is 23.4 Å². The highest BCUT2D eigenvalue weighted by Crippen LogP contribution is 2.56. The summed E-state index contributed by atoms with van der Waals surface area (Å²) in [4.78, 5) is 38.7. The lowest BCUT2D eigenvalue weighted by Gasteiger charge is -2.28. The minimum absolute atomic E-state index is 0.104. The van der Waals surface area contributed by atoms with Gasteiger partial charge in [0.1, 0.15) is 0 Å². The molecular formula is C19H15IN2O4S. The van der Waals surface area contributed by atoms with Crippen LogP contribution in [-0.4, -0.2) is 29.3 Å². The molecule has 0 spiro atoms. The van der Waals surface area contributed by atoms with Crippen LogP contribution >= 0.6 is 34.4 Å². The highest BCUT2D eigenvalue weighted by Gasteiger charge is 2.58. The Morgan fingerprint density at radius 3 is 2.74 bits per heavy atom. The maximum atomic E-state index is 12.9. The van der Waals surface area contributed by atoms with Crippen molar-refractivity contribution < 1.29 is 19.1 Å². The molecule has 0 aliphatic carbocycles. The van der Waals surface area contributed by atoms with E-state index >= 15 is 0 Å². The Kier molecular flexibility index (Phi) is 4.85. The van der Waals surface area contributed by atoms with E-state index in [0.29, 0.717) is 12.1 Å². The number of carbonyl (C=O) groups excluding carboxylic acids is 3. The summed E-state index contributed by atoms with van der Waals surface area (Å²) in [6.45, 7) is -0.398. The Labute approximate surface area is 173 Å². The van der Waals surface area contributed by atoms with Crippen LogP contribution < -0.4 is 10.2 Å². The summed E-state index contributed by atoms with van der Waals surface area (Å²) in [5.74, 6) is -1.08. The van der Waals surface area contributed by atoms with Gasteiger partial charge in [0.15, 0.2) is 11.5 Å². The van der Waals surface area contributed by atoms with Crippen LogP contribution in [0.25, 0.3) is 0 Å². The van der Waals surface area contributed by atoms with Crippen LogP contribution in [-0.2, 0) is 19.1 Å². The number of carbonyl (C=O) groups is 3. The van der Waals surface area contributed by atoms with E-state index in [1.54, 1.807) is 6.07 Å². The standard InChI is InChI=1S/C19H15IN2O4S/c20-12-5-1-2-6-13(12)21-16(23)11-26-18(25)19-10-9-17(24)22(19)14-7-3-4-8-15(14)27-19/h1-8H,9-11H2,(H,21,23)/t19-/m1/s1. The SMILES string of the molecule is O=C(COC(=O)[C@]12CCC(=O)N1c1ccccc1S2)Nc1ccccc1I. The van der Waals surface area contributed by atoms with Crippen LogP contribution in [0.5, 0.6) is 0 Å². The number of rotatable bonds is 4. The Hall–Kier alpha value is -2.07. The van der Waals surface area contributed by atoms with Crippen LogP contribution in [0.2, 0.25) is 0 Å². The molecule has 6 nitrogen and oxygen atoms in total. The number of hydrogen-bond donors (Lipinski definition) is 1. The van der Waals surface area contributed by atoms with Gasteiger partial charge in [-0.1, -0.05) is 36.0 Å². The lowest BCUT2D eigenvalue weighted by molar-refractivity contribution is -0.149. The summed E-state index contributed by atoms with van der Waals surface area (Å²) in [6.07, 6.45) is 0.646. The smallest absolute Gasteiger partial charge is 0.344 e. The molecule has 2 aliphatic rings. The minimum atomic E-state index is -1.11. The second-order valence-corrected chi connectivity index (χ2v) is 8.67. The molecule has 1 saturated heterocycles. The number of benzene rings is 2. The quantitative estimate of drug-likeness (QED) is 0.521. The fourth-order valence-corrected chi connectivity index (χ4v) is 5.20. The first kappa shape index (κ1) is 18.3. The van der Waals surface area contributed by atoms with Crippen molar-refractivity contribution in [2.45, 2.75) is 22.6 Å². The Morgan fingerprint density at radius 2 is 1.93 bits per heavy atom. The summed E-state index contributed by atoms with van der Waals surface area (Å²) >= 11 is 3.44. The molecule has 8 heteroatoms. The van der Waals surface area contributed by atoms with E-state index in [2.05, 4.69) is 27.9 Å². The maximum absolute atomic E-state index is 12.9. The van der Waals surface area contributed by atoms with E-state index in [9.17, 15) is 14.4 Å². The van der Waals surface area contributed by atoms with Crippen molar-refractivity contribution in [3.05, 3.63) is 52.1 Å². The van der Waals surface area contributed by atoms with E-state index in [1.165, 1.54) is 16.7 Å². The molecule has 1 fully saturated rings. The molecule has 1 atom stereocenters. The maximum Gasteiger partial charge on any atom is 0.344 e. The molecule has 2 aromatic carbocycles. The zero-order valence-corrected chi connectivity index (χ0v) is 17.1. The summed E-state index contributed by atoms with van der Waals surface area (Å²) in [5.41, 5.74) is 1.39. The van der Waals surface area contributed by atoms with Crippen LogP contribution in [0.15, 0.2) is 53.4 Å². The highest BCUT2D eigenvalue weighted by atomic mass is 127. The largest absolute Gasteiger partial charge is 0.453 e. The fraction of sp³-hybridized carbons (Fsp3) is 0.211. The number of halogens is 1. The number of anilines is 2. The number of esters is 1. The number of nitrogens with one attached hydrogen (secondary N) is 1. The van der Waals surface area contributed by atoms with Gasteiger partial charge in [-0.25, -0.2) is 4.79 Å². The molecule has 138 valence electrons. The van der Waals surface area contributed by atoms with Crippen molar-refractivity contribution in [1.82, 2.24) is 0 Å². The first-order valence-electron chi connectivity index (χ1n) is 8.34. The number of para-hydroxylation sites is 2. The second-order valence-electron chi connectivity index (χ2n) is 6.19. The van der Waals surface area contributed by atoms with Gasteiger partial charge in [-0.05, 0) is 46.9 Å². The Balaban J connectivity index is 1.46. The summed E-state index contributed by atoms with van der Waals surface area (Å²) in [6, 6.07) is 14.7. The molecule has 0 saturated carbocycles. The molecule has 0 aromatic heterocycles. The van der Waals surface area contributed by atoms with Gasteiger partial charge in [0.2, 0.25) is 5.91 Å². The lowest BCUT2D eigenvalue weighted by Crippen LogP contribution is -2.48. The Morgan fingerprint density at radius 1 is 1.19 bits per heavy atom. The van der Waals surface area contributed by atoms with Crippen molar-refractivity contribution in [3.63, 3.8) is 0 Å². The number of thioether (sulfide) groups is 1. The second kappa shape index (κ2) is 7.16. The molecule has 0 unspecified atom stereocenters. The molecule has 4 rings (SSSR count). The normalized spacial score (nSPS) is 20.2. The molecule has 0 radical (unpaired) electrons. The van der Waals surface area contributed by atoms with Gasteiger partial charge in [-0.2, -0.15) is 0 Å². The monoisotopic (exact) mass is 494 g/mol. The van der Waals surface area contributed by atoms with Gasteiger partial charge in [0, 0.05) is 21.3 Å². The van der Waals surface area contributed by atoms with Crippen LogP contribution in [0.1, 0.15) is 12.8 Å². The zero-order valence-electron chi connectivity index (χ0n) is 14.1. The van der Waals surface area contributed by atoms with Crippen LogP contribution in [0, 0.1) is 3.57 Å². The molecule has 27 heavy (non-hydrogen) atoms. The fourth-order valence-electron chi connectivity index (χ4n) is 3.26. The predicted octanol–water partition coefficient (Wildman–Crippen LogP) is 3.40. The highest BCUT2D eigenvalue weighted by molar-refractivity contribution is 14.1. The van der Waals surface area contributed by atoms with E-state index in [0.717, 1.165) is 14.2 Å². The van der Waals surface area contributed by atoms with Crippen LogP contribution in [0.3, 0.4) is 0 Å².